The van der Waals surface area contributed by atoms with E-state index in [0.717, 1.165) is 5.57 Å². The molecule has 0 aromatic rings. The summed E-state index contributed by atoms with van der Waals surface area (Å²) in [5, 5.41) is 0. The van der Waals surface area contributed by atoms with Crippen molar-refractivity contribution in [2.75, 3.05) is 0 Å². The molecule has 0 saturated heterocycles. The van der Waals surface area contributed by atoms with Crippen LogP contribution in [0.2, 0.25) is 0 Å². The molecule has 132 valence electrons. The number of fused-ring (bicyclic) bond motifs is 3. The summed E-state index contributed by atoms with van der Waals surface area (Å²) in [6.45, 7) is 11.0. The average Bonchev–Trinajstić information content (AvgIpc) is 2.49. The molecule has 4 aliphatic rings. The van der Waals surface area contributed by atoms with Crippen LogP contribution in [0.5, 0.6) is 0 Å². The largest absolute Gasteiger partial charge is 0.459 e. The minimum absolute atomic E-state index is 0.108. The zero-order valence-electron chi connectivity index (χ0n) is 15.2. The van der Waals surface area contributed by atoms with Gasteiger partial charge in [-0.05, 0) is 36.7 Å². The summed E-state index contributed by atoms with van der Waals surface area (Å²) >= 11 is 0. The number of allylic oxidation sites excluding steroid dienone is 2. The van der Waals surface area contributed by atoms with E-state index in [2.05, 4.69) is 13.8 Å². The Morgan fingerprint density at radius 1 is 1.08 bits per heavy atom. The van der Waals surface area contributed by atoms with E-state index in [0.29, 0.717) is 6.42 Å². The van der Waals surface area contributed by atoms with Gasteiger partial charge in [0.2, 0.25) is 0 Å². The highest BCUT2D eigenvalue weighted by Gasteiger charge is 2.74. The van der Waals surface area contributed by atoms with Crippen LogP contribution in [0, 0.1) is 28.6 Å². The SMILES string of the molecule is CC(=O)O[C@@H]1CC(C)(C)[C@@H]2[C@H]3C(=O)C=C(C)[C@@H]2[C@@]3(C)[C@H]1OC(C)=O. The van der Waals surface area contributed by atoms with Crippen LogP contribution < -0.4 is 0 Å². The fourth-order valence-electron chi connectivity index (χ4n) is 5.82. The van der Waals surface area contributed by atoms with Crippen molar-refractivity contribution < 1.29 is 23.9 Å². The van der Waals surface area contributed by atoms with Crippen LogP contribution in [0.15, 0.2) is 11.6 Å². The van der Waals surface area contributed by atoms with E-state index in [4.69, 9.17) is 9.47 Å². The van der Waals surface area contributed by atoms with Crippen molar-refractivity contribution in [2.24, 2.45) is 28.6 Å². The van der Waals surface area contributed by atoms with Gasteiger partial charge in [0.25, 0.3) is 0 Å². The number of hydrogen-bond acceptors (Lipinski definition) is 5. The first-order chi connectivity index (χ1) is 11.0. The van der Waals surface area contributed by atoms with Gasteiger partial charge in [-0.1, -0.05) is 26.3 Å². The van der Waals surface area contributed by atoms with Gasteiger partial charge in [0, 0.05) is 25.2 Å². The second-order valence-electron chi connectivity index (χ2n) is 8.51. The molecule has 0 radical (unpaired) electrons. The molecule has 3 saturated carbocycles. The third kappa shape index (κ3) is 2.16. The minimum Gasteiger partial charge on any atom is -0.459 e. The van der Waals surface area contributed by atoms with E-state index in [1.54, 1.807) is 6.08 Å². The van der Waals surface area contributed by atoms with Crippen molar-refractivity contribution >= 4 is 17.7 Å². The Kier molecular flexibility index (Phi) is 3.70. The molecule has 4 rings (SSSR count). The van der Waals surface area contributed by atoms with Gasteiger partial charge in [-0.2, -0.15) is 0 Å². The van der Waals surface area contributed by atoms with Gasteiger partial charge in [0.1, 0.15) is 12.2 Å². The first-order valence-corrected chi connectivity index (χ1v) is 8.56. The molecule has 0 unspecified atom stereocenters. The predicted octanol–water partition coefficient (Wildman–Crippen LogP) is 2.68. The number of carbonyl (C=O) groups is 3. The molecule has 0 heterocycles. The summed E-state index contributed by atoms with van der Waals surface area (Å²) in [5.74, 6) is -0.519. The molecule has 4 bridgehead atoms. The smallest absolute Gasteiger partial charge is 0.303 e. The van der Waals surface area contributed by atoms with Gasteiger partial charge in [-0.25, -0.2) is 0 Å². The summed E-state index contributed by atoms with van der Waals surface area (Å²) in [5.41, 5.74) is 0.346. The fourth-order valence-corrected chi connectivity index (χ4v) is 5.82. The van der Waals surface area contributed by atoms with Gasteiger partial charge in [-0.3, -0.25) is 14.4 Å². The van der Waals surface area contributed by atoms with Gasteiger partial charge in [0.05, 0.1) is 0 Å². The molecule has 0 aromatic carbocycles. The third-order valence-electron chi connectivity index (χ3n) is 6.42. The molecule has 4 aliphatic carbocycles. The Morgan fingerprint density at radius 3 is 2.17 bits per heavy atom. The Bertz CT molecular complexity index is 646. The lowest BCUT2D eigenvalue weighted by atomic mass is 9.37. The van der Waals surface area contributed by atoms with Crippen molar-refractivity contribution in [1.82, 2.24) is 0 Å². The van der Waals surface area contributed by atoms with Crippen LogP contribution in [0.25, 0.3) is 0 Å². The van der Waals surface area contributed by atoms with Crippen molar-refractivity contribution in [3.8, 4) is 0 Å². The first kappa shape index (κ1) is 17.2. The normalized spacial score (nSPS) is 42.3. The standard InChI is InChI=1S/C19H26O5/c1-9-7-12(22)15-16-14(9)19(15,6)17(24-11(3)21)13(23-10(2)20)8-18(16,4)5/h7,13-17H,8H2,1-6H3/t13-,14+,15-,16+,17+,19-/m1/s1. The van der Waals surface area contributed by atoms with Crippen LogP contribution in [0.4, 0.5) is 0 Å². The highest BCUT2D eigenvalue weighted by Crippen LogP contribution is 2.71. The number of carbonyl (C=O) groups excluding carboxylic acids is 3. The van der Waals surface area contributed by atoms with E-state index in [9.17, 15) is 14.4 Å². The third-order valence-corrected chi connectivity index (χ3v) is 6.42. The number of ether oxygens (including phenoxy) is 2. The average molecular weight is 334 g/mol. The van der Waals surface area contributed by atoms with Crippen molar-refractivity contribution in [1.29, 1.82) is 0 Å². The molecule has 24 heavy (non-hydrogen) atoms. The Hall–Kier alpha value is -1.65. The van der Waals surface area contributed by atoms with E-state index >= 15 is 0 Å². The Labute approximate surface area is 142 Å². The minimum atomic E-state index is -0.598. The summed E-state index contributed by atoms with van der Waals surface area (Å²) in [7, 11) is 0. The molecular weight excluding hydrogens is 308 g/mol. The van der Waals surface area contributed by atoms with E-state index in [1.807, 2.05) is 13.8 Å². The number of esters is 2. The molecule has 0 spiro atoms. The molecule has 3 fully saturated rings. The van der Waals surface area contributed by atoms with Crippen LogP contribution >= 0.6 is 0 Å². The lowest BCUT2D eigenvalue weighted by molar-refractivity contribution is -0.213. The maximum absolute atomic E-state index is 12.7. The molecule has 0 aliphatic heterocycles. The quantitative estimate of drug-likeness (QED) is 0.726. The van der Waals surface area contributed by atoms with Gasteiger partial charge < -0.3 is 9.47 Å². The van der Waals surface area contributed by atoms with Gasteiger partial charge in [0.15, 0.2) is 5.78 Å². The summed E-state index contributed by atoms with van der Waals surface area (Å²) in [6.07, 6.45) is 1.20. The second-order valence-corrected chi connectivity index (χ2v) is 8.51. The van der Waals surface area contributed by atoms with Gasteiger partial charge in [-0.15, -0.1) is 0 Å². The highest BCUT2D eigenvalue weighted by molar-refractivity contribution is 5.96. The maximum atomic E-state index is 12.7. The Morgan fingerprint density at radius 2 is 1.67 bits per heavy atom. The summed E-state index contributed by atoms with van der Waals surface area (Å²) < 4.78 is 11.2. The highest BCUT2D eigenvalue weighted by atomic mass is 16.6. The number of hydrogen-bond donors (Lipinski definition) is 0. The zero-order chi connectivity index (χ0) is 18.0. The van der Waals surface area contributed by atoms with E-state index in [-0.39, 0.29) is 34.9 Å². The predicted molar refractivity (Wildman–Crippen MR) is 86.8 cm³/mol. The fraction of sp³-hybridized carbons (Fsp3) is 0.737. The lowest BCUT2D eigenvalue weighted by Gasteiger charge is -2.65. The Balaban J connectivity index is 2.13. The number of ketones is 1. The van der Waals surface area contributed by atoms with E-state index in [1.165, 1.54) is 13.8 Å². The molecule has 0 N–H and O–H groups in total. The van der Waals surface area contributed by atoms with Crippen LogP contribution in [-0.4, -0.2) is 29.9 Å². The zero-order valence-corrected chi connectivity index (χ0v) is 15.2. The van der Waals surface area contributed by atoms with Crippen LogP contribution in [0.3, 0.4) is 0 Å². The number of rotatable bonds is 2. The van der Waals surface area contributed by atoms with Crippen molar-refractivity contribution in [2.45, 2.75) is 60.2 Å². The topological polar surface area (TPSA) is 69.7 Å². The van der Waals surface area contributed by atoms with Crippen LogP contribution in [0.1, 0.15) is 48.0 Å². The molecule has 5 heteroatoms. The second kappa shape index (κ2) is 5.17. The monoisotopic (exact) mass is 334 g/mol. The van der Waals surface area contributed by atoms with E-state index < -0.39 is 23.6 Å². The summed E-state index contributed by atoms with van der Waals surface area (Å²) in [4.78, 5) is 36.1. The molecule has 0 amide bonds. The molecule has 5 nitrogen and oxygen atoms in total. The first-order valence-electron chi connectivity index (χ1n) is 8.56. The summed E-state index contributed by atoms with van der Waals surface area (Å²) in [6, 6.07) is 0. The van der Waals surface area contributed by atoms with Crippen LogP contribution in [-0.2, 0) is 23.9 Å². The van der Waals surface area contributed by atoms with Gasteiger partial charge >= 0.3 is 11.9 Å². The van der Waals surface area contributed by atoms with Crippen molar-refractivity contribution in [3.05, 3.63) is 11.6 Å². The molecular formula is C19H26O5. The molecule has 0 aromatic heterocycles. The molecule has 6 atom stereocenters. The maximum Gasteiger partial charge on any atom is 0.303 e. The lowest BCUT2D eigenvalue weighted by Crippen LogP contribution is -2.68. The van der Waals surface area contributed by atoms with Crippen molar-refractivity contribution in [3.63, 3.8) is 0 Å².